The van der Waals surface area contributed by atoms with Crippen LogP contribution in [0.25, 0.3) is 33.3 Å². The molecule has 2 atom stereocenters. The van der Waals surface area contributed by atoms with E-state index in [0.29, 0.717) is 39.0 Å². The number of phenolic OH excluding ortho intramolecular Hbond substituents is 1. The number of nitrogens with two attached hydrogens (primary N) is 2. The van der Waals surface area contributed by atoms with Gasteiger partial charge in [0.2, 0.25) is 5.91 Å². The number of hydrogen-bond donors (Lipinski definition) is 4. The van der Waals surface area contributed by atoms with Crippen LogP contribution in [0.3, 0.4) is 0 Å². The van der Waals surface area contributed by atoms with Crippen molar-refractivity contribution in [3.8, 4) is 28.1 Å². The van der Waals surface area contributed by atoms with E-state index in [2.05, 4.69) is 47.8 Å². The molecule has 10 nitrogen and oxygen atoms in total. The summed E-state index contributed by atoms with van der Waals surface area (Å²) < 4.78 is 13.6. The van der Waals surface area contributed by atoms with E-state index in [9.17, 15) is 14.7 Å². The molecule has 3 heterocycles. The fourth-order valence-corrected chi connectivity index (χ4v) is 6.33. The van der Waals surface area contributed by atoms with Crippen LogP contribution in [-0.4, -0.2) is 58.9 Å². The summed E-state index contributed by atoms with van der Waals surface area (Å²) >= 11 is 0. The lowest BCUT2D eigenvalue weighted by Gasteiger charge is -2.26. The van der Waals surface area contributed by atoms with E-state index in [1.54, 1.807) is 25.4 Å². The molecule has 5 rings (SSSR count). The van der Waals surface area contributed by atoms with E-state index in [4.69, 9.17) is 20.9 Å². The highest BCUT2D eigenvalue weighted by Gasteiger charge is 2.29. The van der Waals surface area contributed by atoms with Crippen molar-refractivity contribution in [1.29, 1.82) is 0 Å². The zero-order valence-electron chi connectivity index (χ0n) is 27.1. The Bertz CT molecular complexity index is 1730. The van der Waals surface area contributed by atoms with E-state index in [-0.39, 0.29) is 24.7 Å². The maximum Gasteiger partial charge on any atom is 0.322 e. The normalized spacial score (nSPS) is 19.5. The standard InChI is InChI=1S/C36H45N5O5/c1-5-41-32-9-8-23-17-27(32)28(33(41)29-19-39-12-10-24(29)20-45-4)18-36(2,3)21-46-35(44)30(37)7-6-11-40-34(43)31(38)15-22-13-25(23)16-26(42)14-22/h8-10,12-14,16-17,19,30-31,42H,5-7,11,15,18,20-21,37-38H2,1-4H3,(H,40,43)/t30-,31-/m0/s1. The van der Waals surface area contributed by atoms with Gasteiger partial charge in [-0.2, -0.15) is 0 Å². The number of carbonyl (C=O) groups excluding carboxylic acids is 2. The first kappa shape index (κ1) is 33.1. The highest BCUT2D eigenvalue weighted by molar-refractivity contribution is 5.95. The number of methoxy groups -OCH3 is 1. The predicted octanol–water partition coefficient (Wildman–Crippen LogP) is 4.46. The Balaban J connectivity index is 1.71. The number of amides is 1. The molecule has 0 spiro atoms. The molecule has 0 radical (unpaired) electrons. The minimum Gasteiger partial charge on any atom is -0.508 e. The third-order valence-corrected chi connectivity index (χ3v) is 8.61. The molecule has 6 N–H and O–H groups in total. The van der Waals surface area contributed by atoms with Gasteiger partial charge >= 0.3 is 5.97 Å². The lowest BCUT2D eigenvalue weighted by atomic mass is 9.84. The number of phenols is 1. The van der Waals surface area contributed by atoms with Crippen molar-refractivity contribution >= 4 is 22.8 Å². The van der Waals surface area contributed by atoms with Gasteiger partial charge in [-0.15, -0.1) is 0 Å². The number of hydrogen-bond acceptors (Lipinski definition) is 8. The number of fused-ring (bicyclic) bond motifs is 4. The fraction of sp³-hybridized carbons (Fsp3) is 0.417. The number of nitrogens with zero attached hydrogens (tertiary/aromatic N) is 2. The van der Waals surface area contributed by atoms with E-state index in [1.165, 1.54) is 0 Å². The summed E-state index contributed by atoms with van der Waals surface area (Å²) in [7, 11) is 1.68. The molecule has 46 heavy (non-hydrogen) atoms. The highest BCUT2D eigenvalue weighted by Crippen LogP contribution is 2.41. The van der Waals surface area contributed by atoms with Crippen LogP contribution < -0.4 is 16.8 Å². The molecule has 1 amide bonds. The maximum atomic E-state index is 12.9. The Morgan fingerprint density at radius 3 is 2.67 bits per heavy atom. The Morgan fingerprint density at radius 2 is 1.91 bits per heavy atom. The van der Waals surface area contributed by atoms with E-state index in [1.807, 2.05) is 24.4 Å². The fourth-order valence-electron chi connectivity index (χ4n) is 6.33. The number of cyclic esters (lactones) is 1. The molecular weight excluding hydrogens is 582 g/mol. The quantitative estimate of drug-likeness (QED) is 0.242. The second-order valence-electron chi connectivity index (χ2n) is 13.0. The topological polar surface area (TPSA) is 155 Å². The summed E-state index contributed by atoms with van der Waals surface area (Å²) in [5, 5.41) is 14.6. The number of aryl methyl sites for hydroxylation is 1. The Labute approximate surface area is 270 Å². The molecule has 4 aromatic rings. The van der Waals surface area contributed by atoms with Crippen LogP contribution in [0, 0.1) is 5.41 Å². The number of pyridine rings is 1. The first-order chi connectivity index (χ1) is 22.0. The van der Waals surface area contributed by atoms with Crippen molar-refractivity contribution in [1.82, 2.24) is 14.9 Å². The van der Waals surface area contributed by atoms with Crippen LogP contribution >= 0.6 is 0 Å². The molecule has 0 saturated carbocycles. The van der Waals surface area contributed by atoms with Gasteiger partial charge in [0.25, 0.3) is 0 Å². The average molecular weight is 628 g/mol. The van der Waals surface area contributed by atoms with Gasteiger partial charge in [0.05, 0.1) is 24.9 Å². The summed E-state index contributed by atoms with van der Waals surface area (Å²) in [4.78, 5) is 30.1. The number of aromatic nitrogens is 2. The van der Waals surface area contributed by atoms with Crippen molar-refractivity contribution < 1.29 is 24.2 Å². The van der Waals surface area contributed by atoms with Gasteiger partial charge in [-0.3, -0.25) is 14.6 Å². The van der Waals surface area contributed by atoms with Crippen molar-refractivity contribution in [2.75, 3.05) is 20.3 Å². The van der Waals surface area contributed by atoms with Crippen molar-refractivity contribution in [2.24, 2.45) is 16.9 Å². The Kier molecular flexibility index (Phi) is 10.1. The van der Waals surface area contributed by atoms with Gasteiger partial charge in [0.1, 0.15) is 11.8 Å². The lowest BCUT2D eigenvalue weighted by molar-refractivity contribution is -0.148. The number of ether oxygens (including phenoxy) is 2. The number of esters is 1. The number of rotatable bonds is 4. The summed E-state index contributed by atoms with van der Waals surface area (Å²) in [5.41, 5.74) is 19.7. The number of carbonyl (C=O) groups is 2. The van der Waals surface area contributed by atoms with E-state index >= 15 is 0 Å². The molecule has 0 aliphatic carbocycles. The van der Waals surface area contributed by atoms with Crippen molar-refractivity contribution in [2.45, 2.75) is 71.7 Å². The zero-order valence-corrected chi connectivity index (χ0v) is 27.1. The molecular formula is C36H45N5O5. The van der Waals surface area contributed by atoms with Crippen LogP contribution in [0.2, 0.25) is 0 Å². The van der Waals surface area contributed by atoms with Crippen LogP contribution in [0.5, 0.6) is 5.75 Å². The smallest absolute Gasteiger partial charge is 0.322 e. The minimum absolute atomic E-state index is 0.103. The molecule has 2 aromatic heterocycles. The Hall–Kier alpha value is -4.25. The van der Waals surface area contributed by atoms with Gasteiger partial charge in [-0.25, -0.2) is 0 Å². The van der Waals surface area contributed by atoms with E-state index < -0.39 is 23.5 Å². The second-order valence-corrected chi connectivity index (χ2v) is 13.0. The Morgan fingerprint density at radius 1 is 1.11 bits per heavy atom. The molecule has 0 unspecified atom stereocenters. The number of aromatic hydroxyl groups is 1. The summed E-state index contributed by atoms with van der Waals surface area (Å²) in [6.45, 7) is 7.95. The largest absolute Gasteiger partial charge is 0.508 e. The molecule has 0 fully saturated rings. The third kappa shape index (κ3) is 7.25. The summed E-state index contributed by atoms with van der Waals surface area (Å²) in [6.07, 6.45) is 5.38. The van der Waals surface area contributed by atoms with Crippen LogP contribution in [-0.2, 0) is 45.1 Å². The first-order valence-electron chi connectivity index (χ1n) is 15.9. The number of benzene rings is 2. The second kappa shape index (κ2) is 14.0. The van der Waals surface area contributed by atoms with Gasteiger partial charge in [0.15, 0.2) is 0 Å². The first-order valence-corrected chi connectivity index (χ1v) is 15.9. The molecule has 2 aromatic carbocycles. The summed E-state index contributed by atoms with van der Waals surface area (Å²) in [6, 6.07) is 12.0. The molecule has 1 aliphatic rings. The van der Waals surface area contributed by atoms with Crippen LogP contribution in [0.15, 0.2) is 54.9 Å². The highest BCUT2D eigenvalue weighted by atomic mass is 16.5. The van der Waals surface area contributed by atoms with Crippen LogP contribution in [0.1, 0.15) is 50.3 Å². The van der Waals surface area contributed by atoms with E-state index in [0.717, 1.165) is 50.0 Å². The van der Waals surface area contributed by atoms with Gasteiger partial charge in [-0.1, -0.05) is 26.0 Å². The SMILES string of the molecule is CCn1c(-c2cnccc2COC)c2c3cc(ccc31)-c1cc(O)cc(c1)C[C@H](N)C(=O)NCCC[C@H](N)C(=O)OCC(C)(C)C2. The third-order valence-electron chi connectivity index (χ3n) is 8.61. The van der Waals surface area contributed by atoms with Gasteiger partial charge in [0, 0.05) is 54.5 Å². The van der Waals surface area contributed by atoms with Crippen LogP contribution in [0.4, 0.5) is 0 Å². The predicted molar refractivity (Wildman–Crippen MR) is 179 cm³/mol. The van der Waals surface area contributed by atoms with Crippen molar-refractivity contribution in [3.63, 3.8) is 0 Å². The monoisotopic (exact) mass is 627 g/mol. The molecule has 244 valence electrons. The maximum absolute atomic E-state index is 12.9. The molecule has 4 bridgehead atoms. The molecule has 0 saturated heterocycles. The van der Waals surface area contributed by atoms with Crippen molar-refractivity contribution in [3.05, 3.63) is 71.5 Å². The zero-order chi connectivity index (χ0) is 33.0. The average Bonchev–Trinajstić information content (AvgIpc) is 3.32. The van der Waals surface area contributed by atoms with Gasteiger partial charge < -0.3 is 35.9 Å². The molecule has 10 heteroatoms. The molecule has 1 aliphatic heterocycles. The lowest BCUT2D eigenvalue weighted by Crippen LogP contribution is -2.42. The minimum atomic E-state index is -0.808. The summed E-state index contributed by atoms with van der Waals surface area (Å²) in [5.74, 6) is -0.664. The number of nitrogens with one attached hydrogen (secondary N) is 1. The van der Waals surface area contributed by atoms with Gasteiger partial charge in [-0.05, 0) is 90.8 Å².